The SMILES string of the molecule is CCN1CCN(c2ccc(NC(=O)c3cc(C)sc3C)cc2)CC1. The number of carbonyl (C=O) groups excluding carboxylic acids is 1. The number of carbonyl (C=O) groups is 1. The van der Waals surface area contributed by atoms with Gasteiger partial charge in [0, 0.05) is 47.3 Å². The highest BCUT2D eigenvalue weighted by molar-refractivity contribution is 7.12. The summed E-state index contributed by atoms with van der Waals surface area (Å²) >= 11 is 1.66. The standard InChI is InChI=1S/C19H25N3OS/c1-4-21-9-11-22(12-10-21)17-7-5-16(6-8-17)20-19(23)18-13-14(2)24-15(18)3/h5-8,13H,4,9-12H2,1-3H3,(H,20,23). The lowest BCUT2D eigenvalue weighted by Crippen LogP contribution is -2.46. The number of benzene rings is 1. The van der Waals surface area contributed by atoms with E-state index in [1.54, 1.807) is 11.3 Å². The third-order valence-corrected chi connectivity index (χ3v) is 5.56. The second kappa shape index (κ2) is 7.36. The Bertz CT molecular complexity index is 700. The number of aryl methyl sites for hydroxylation is 2. The first-order chi connectivity index (χ1) is 11.6. The zero-order valence-electron chi connectivity index (χ0n) is 14.6. The number of thiophene rings is 1. The van der Waals surface area contributed by atoms with Gasteiger partial charge in [0.05, 0.1) is 5.56 Å². The van der Waals surface area contributed by atoms with Gasteiger partial charge in [0.15, 0.2) is 0 Å². The van der Waals surface area contributed by atoms with Gasteiger partial charge in [-0.05, 0) is 50.7 Å². The largest absolute Gasteiger partial charge is 0.369 e. The minimum absolute atomic E-state index is 0.0267. The fourth-order valence-corrected chi connectivity index (χ4v) is 4.05. The van der Waals surface area contributed by atoms with E-state index in [4.69, 9.17) is 0 Å². The van der Waals surface area contributed by atoms with Crippen LogP contribution >= 0.6 is 11.3 Å². The van der Waals surface area contributed by atoms with Crippen LogP contribution in [0.25, 0.3) is 0 Å². The van der Waals surface area contributed by atoms with Crippen molar-refractivity contribution in [3.63, 3.8) is 0 Å². The van der Waals surface area contributed by atoms with Crippen LogP contribution in [-0.4, -0.2) is 43.5 Å². The first kappa shape index (κ1) is 17.0. The van der Waals surface area contributed by atoms with Crippen LogP contribution in [0.15, 0.2) is 30.3 Å². The van der Waals surface area contributed by atoms with Gasteiger partial charge in [0.25, 0.3) is 5.91 Å². The quantitative estimate of drug-likeness (QED) is 0.918. The van der Waals surface area contributed by atoms with Crippen molar-refractivity contribution in [3.8, 4) is 0 Å². The van der Waals surface area contributed by atoms with Crippen molar-refractivity contribution < 1.29 is 4.79 Å². The molecule has 2 aromatic rings. The van der Waals surface area contributed by atoms with Gasteiger partial charge < -0.3 is 15.1 Å². The van der Waals surface area contributed by atoms with Gasteiger partial charge >= 0.3 is 0 Å². The third-order valence-electron chi connectivity index (χ3n) is 4.60. The maximum absolute atomic E-state index is 12.4. The van der Waals surface area contributed by atoms with Crippen molar-refractivity contribution in [2.75, 3.05) is 42.9 Å². The first-order valence-corrected chi connectivity index (χ1v) is 9.34. The highest BCUT2D eigenvalue weighted by Crippen LogP contribution is 2.23. The summed E-state index contributed by atoms with van der Waals surface area (Å²) in [7, 11) is 0. The molecule has 1 aromatic carbocycles. The molecule has 1 N–H and O–H groups in total. The lowest BCUT2D eigenvalue weighted by atomic mass is 10.2. The number of hydrogen-bond acceptors (Lipinski definition) is 4. The molecule has 0 aliphatic carbocycles. The molecule has 3 rings (SSSR count). The van der Waals surface area contributed by atoms with Gasteiger partial charge in [0.1, 0.15) is 0 Å². The average molecular weight is 343 g/mol. The third kappa shape index (κ3) is 3.79. The molecular formula is C19H25N3OS. The first-order valence-electron chi connectivity index (χ1n) is 8.52. The van der Waals surface area contributed by atoms with Crippen LogP contribution in [0.1, 0.15) is 27.0 Å². The van der Waals surface area contributed by atoms with Crippen LogP contribution < -0.4 is 10.2 Å². The fourth-order valence-electron chi connectivity index (χ4n) is 3.13. The van der Waals surface area contributed by atoms with E-state index < -0.39 is 0 Å². The summed E-state index contributed by atoms with van der Waals surface area (Å²) in [5.74, 6) is -0.0267. The molecule has 1 aliphatic heterocycles. The molecule has 5 heteroatoms. The van der Waals surface area contributed by atoms with Crippen LogP contribution in [0.2, 0.25) is 0 Å². The summed E-state index contributed by atoms with van der Waals surface area (Å²) in [4.78, 5) is 19.5. The Balaban J connectivity index is 1.62. The van der Waals surface area contributed by atoms with E-state index in [1.165, 1.54) is 10.6 Å². The molecular weight excluding hydrogens is 318 g/mol. The van der Waals surface area contributed by atoms with E-state index in [1.807, 2.05) is 32.0 Å². The molecule has 0 radical (unpaired) electrons. The van der Waals surface area contributed by atoms with Crippen molar-refractivity contribution in [1.82, 2.24) is 4.90 Å². The van der Waals surface area contributed by atoms with E-state index in [9.17, 15) is 4.79 Å². The van der Waals surface area contributed by atoms with Crippen molar-refractivity contribution >= 4 is 28.6 Å². The van der Waals surface area contributed by atoms with Gasteiger partial charge in [-0.3, -0.25) is 4.79 Å². The van der Waals surface area contributed by atoms with Crippen LogP contribution in [0, 0.1) is 13.8 Å². The number of rotatable bonds is 4. The average Bonchev–Trinajstić information content (AvgIpc) is 2.94. The molecule has 1 aliphatic rings. The Morgan fingerprint density at radius 3 is 2.33 bits per heavy atom. The molecule has 1 aromatic heterocycles. The summed E-state index contributed by atoms with van der Waals surface area (Å²) in [5, 5.41) is 3.00. The summed E-state index contributed by atoms with van der Waals surface area (Å²) in [6, 6.07) is 10.1. The van der Waals surface area contributed by atoms with E-state index in [0.717, 1.165) is 48.9 Å². The minimum Gasteiger partial charge on any atom is -0.369 e. The summed E-state index contributed by atoms with van der Waals surface area (Å²) in [6.45, 7) is 11.7. The van der Waals surface area contributed by atoms with Gasteiger partial charge in [-0.25, -0.2) is 0 Å². The molecule has 1 amide bonds. The second-order valence-corrected chi connectivity index (χ2v) is 7.71. The van der Waals surface area contributed by atoms with Crippen molar-refractivity contribution in [2.45, 2.75) is 20.8 Å². The van der Waals surface area contributed by atoms with Crippen molar-refractivity contribution in [3.05, 3.63) is 45.6 Å². The van der Waals surface area contributed by atoms with Crippen LogP contribution in [0.5, 0.6) is 0 Å². The normalized spacial score (nSPS) is 15.5. The molecule has 1 fully saturated rings. The van der Waals surface area contributed by atoms with Gasteiger partial charge in [0.2, 0.25) is 0 Å². The minimum atomic E-state index is -0.0267. The summed E-state index contributed by atoms with van der Waals surface area (Å²) in [6.07, 6.45) is 0. The Kier molecular flexibility index (Phi) is 5.21. The topological polar surface area (TPSA) is 35.6 Å². The maximum Gasteiger partial charge on any atom is 0.256 e. The lowest BCUT2D eigenvalue weighted by molar-refractivity contribution is 0.102. The predicted octanol–water partition coefficient (Wildman–Crippen LogP) is 3.76. The zero-order chi connectivity index (χ0) is 17.1. The molecule has 1 saturated heterocycles. The number of likely N-dealkylation sites (N-methyl/N-ethyl adjacent to an activating group) is 1. The summed E-state index contributed by atoms with van der Waals surface area (Å²) in [5.41, 5.74) is 2.85. The molecule has 0 spiro atoms. The van der Waals surface area contributed by atoms with Gasteiger partial charge in [-0.2, -0.15) is 0 Å². The second-order valence-electron chi connectivity index (χ2n) is 6.25. The number of amides is 1. The highest BCUT2D eigenvalue weighted by atomic mass is 32.1. The Morgan fingerprint density at radius 2 is 1.79 bits per heavy atom. The fraction of sp³-hybridized carbons (Fsp3) is 0.421. The van der Waals surface area contributed by atoms with Gasteiger partial charge in [-0.15, -0.1) is 11.3 Å². The van der Waals surface area contributed by atoms with Crippen LogP contribution in [0.4, 0.5) is 11.4 Å². The monoisotopic (exact) mass is 343 g/mol. The number of nitrogens with one attached hydrogen (secondary N) is 1. The zero-order valence-corrected chi connectivity index (χ0v) is 15.4. The molecule has 0 unspecified atom stereocenters. The van der Waals surface area contributed by atoms with E-state index >= 15 is 0 Å². The molecule has 128 valence electrons. The maximum atomic E-state index is 12.4. The Labute approximate surface area is 148 Å². The Morgan fingerprint density at radius 1 is 1.12 bits per heavy atom. The van der Waals surface area contributed by atoms with E-state index in [2.05, 4.69) is 34.2 Å². The van der Waals surface area contributed by atoms with Crippen LogP contribution in [0.3, 0.4) is 0 Å². The summed E-state index contributed by atoms with van der Waals surface area (Å²) < 4.78 is 0. The van der Waals surface area contributed by atoms with Crippen molar-refractivity contribution in [2.24, 2.45) is 0 Å². The van der Waals surface area contributed by atoms with Gasteiger partial charge in [-0.1, -0.05) is 6.92 Å². The number of nitrogens with zero attached hydrogens (tertiary/aromatic N) is 2. The molecule has 2 heterocycles. The smallest absolute Gasteiger partial charge is 0.256 e. The van der Waals surface area contributed by atoms with Crippen molar-refractivity contribution in [1.29, 1.82) is 0 Å². The predicted molar refractivity (Wildman–Crippen MR) is 103 cm³/mol. The molecule has 24 heavy (non-hydrogen) atoms. The highest BCUT2D eigenvalue weighted by Gasteiger charge is 2.16. The molecule has 0 bridgehead atoms. The van der Waals surface area contributed by atoms with E-state index in [-0.39, 0.29) is 5.91 Å². The Hall–Kier alpha value is -1.85. The molecule has 0 atom stereocenters. The number of piperazine rings is 1. The number of anilines is 2. The lowest BCUT2D eigenvalue weighted by Gasteiger charge is -2.35. The van der Waals surface area contributed by atoms with Crippen LogP contribution in [-0.2, 0) is 0 Å². The molecule has 0 saturated carbocycles. The number of hydrogen-bond donors (Lipinski definition) is 1. The van der Waals surface area contributed by atoms with E-state index in [0.29, 0.717) is 0 Å². The molecule has 4 nitrogen and oxygen atoms in total.